The number of amides is 1. The molecule has 1 amide bonds. The fourth-order valence-corrected chi connectivity index (χ4v) is 1.96. The first kappa shape index (κ1) is 11.5. The lowest BCUT2D eigenvalue weighted by molar-refractivity contribution is -0.113. The number of nitrogens with zero attached hydrogens (tertiary/aromatic N) is 3. The highest BCUT2D eigenvalue weighted by atomic mass is 16.1. The summed E-state index contributed by atoms with van der Waals surface area (Å²) >= 11 is 0. The summed E-state index contributed by atoms with van der Waals surface area (Å²) in [4.78, 5) is 16.3. The Morgan fingerprint density at radius 1 is 1.37 bits per heavy atom. The lowest BCUT2D eigenvalue weighted by Gasteiger charge is -2.19. The van der Waals surface area contributed by atoms with Crippen molar-refractivity contribution in [2.75, 3.05) is 10.6 Å². The fourth-order valence-electron chi connectivity index (χ4n) is 1.96. The molecule has 0 saturated carbocycles. The molecule has 1 aliphatic rings. The number of aromatic nitrogens is 3. The van der Waals surface area contributed by atoms with Gasteiger partial charge in [-0.05, 0) is 19.1 Å². The molecule has 1 aliphatic heterocycles. The van der Waals surface area contributed by atoms with Crippen molar-refractivity contribution < 1.29 is 4.79 Å². The van der Waals surface area contributed by atoms with Crippen LogP contribution in [0.25, 0.3) is 0 Å². The van der Waals surface area contributed by atoms with E-state index in [4.69, 9.17) is 0 Å². The van der Waals surface area contributed by atoms with Gasteiger partial charge in [0.2, 0.25) is 5.95 Å². The highest BCUT2D eigenvalue weighted by Crippen LogP contribution is 2.19. The average molecular weight is 255 g/mol. The zero-order valence-corrected chi connectivity index (χ0v) is 10.4. The van der Waals surface area contributed by atoms with E-state index in [-0.39, 0.29) is 5.91 Å². The Bertz CT molecular complexity index is 644. The first-order chi connectivity index (χ1) is 9.24. The predicted octanol–water partition coefficient (Wildman–Crippen LogP) is 1.62. The highest BCUT2D eigenvalue weighted by molar-refractivity contribution is 6.04. The Morgan fingerprint density at radius 2 is 2.16 bits per heavy atom. The van der Waals surface area contributed by atoms with Gasteiger partial charge in [-0.3, -0.25) is 4.79 Å². The molecule has 6 nitrogen and oxygen atoms in total. The molecular formula is C13H13N5O. The average Bonchev–Trinajstić information content (AvgIpc) is 2.86. The quantitative estimate of drug-likeness (QED) is 0.855. The second kappa shape index (κ2) is 4.56. The maximum atomic E-state index is 12.2. The Morgan fingerprint density at radius 3 is 2.95 bits per heavy atom. The lowest BCUT2D eigenvalue weighted by Crippen LogP contribution is -2.26. The molecule has 0 unspecified atom stereocenters. The van der Waals surface area contributed by atoms with Crippen LogP contribution in [0.15, 0.2) is 47.9 Å². The van der Waals surface area contributed by atoms with Crippen LogP contribution in [0.2, 0.25) is 0 Å². The van der Waals surface area contributed by atoms with Crippen LogP contribution in [0.1, 0.15) is 6.92 Å². The molecule has 6 heteroatoms. The Hall–Kier alpha value is -2.63. The smallest absolute Gasteiger partial charge is 0.255 e. The third kappa shape index (κ3) is 2.20. The molecule has 3 rings (SSSR count). The van der Waals surface area contributed by atoms with E-state index >= 15 is 0 Å². The SMILES string of the molecule is CC1=C(C(=O)Nc2ccccc2)Cn2ncnc2N1. The Balaban J connectivity index is 1.80. The maximum absolute atomic E-state index is 12.2. The van der Waals surface area contributed by atoms with Gasteiger partial charge in [-0.1, -0.05) is 18.2 Å². The summed E-state index contributed by atoms with van der Waals surface area (Å²) in [6.45, 7) is 2.28. The van der Waals surface area contributed by atoms with E-state index in [1.807, 2.05) is 37.3 Å². The Kier molecular flexibility index (Phi) is 2.75. The number of nitrogens with one attached hydrogen (secondary N) is 2. The second-order valence-electron chi connectivity index (χ2n) is 4.29. The summed E-state index contributed by atoms with van der Waals surface area (Å²) in [5.41, 5.74) is 2.23. The number of para-hydroxylation sites is 1. The van der Waals surface area contributed by atoms with Gasteiger partial charge in [0.15, 0.2) is 0 Å². The van der Waals surface area contributed by atoms with E-state index in [2.05, 4.69) is 20.7 Å². The summed E-state index contributed by atoms with van der Waals surface area (Å²) in [6, 6.07) is 9.37. The molecule has 0 fully saturated rings. The van der Waals surface area contributed by atoms with Crippen molar-refractivity contribution in [1.82, 2.24) is 14.8 Å². The van der Waals surface area contributed by atoms with E-state index in [0.29, 0.717) is 18.1 Å². The minimum atomic E-state index is -0.127. The molecule has 0 aliphatic carbocycles. The van der Waals surface area contributed by atoms with Gasteiger partial charge < -0.3 is 10.6 Å². The van der Waals surface area contributed by atoms with Crippen LogP contribution in [-0.4, -0.2) is 20.7 Å². The van der Waals surface area contributed by atoms with Gasteiger partial charge in [-0.15, -0.1) is 0 Å². The molecular weight excluding hydrogens is 242 g/mol. The van der Waals surface area contributed by atoms with Crippen LogP contribution < -0.4 is 10.6 Å². The van der Waals surface area contributed by atoms with Gasteiger partial charge in [0.1, 0.15) is 6.33 Å². The van der Waals surface area contributed by atoms with Crippen molar-refractivity contribution in [3.8, 4) is 0 Å². The number of benzene rings is 1. The number of allylic oxidation sites excluding steroid dienone is 1. The number of anilines is 2. The van der Waals surface area contributed by atoms with E-state index in [1.54, 1.807) is 4.68 Å². The summed E-state index contributed by atoms with van der Waals surface area (Å²) < 4.78 is 1.66. The molecule has 96 valence electrons. The summed E-state index contributed by atoms with van der Waals surface area (Å²) in [6.07, 6.45) is 1.47. The van der Waals surface area contributed by atoms with Gasteiger partial charge in [0.05, 0.1) is 12.1 Å². The van der Waals surface area contributed by atoms with E-state index in [0.717, 1.165) is 11.4 Å². The van der Waals surface area contributed by atoms with Crippen molar-refractivity contribution in [1.29, 1.82) is 0 Å². The molecule has 0 atom stereocenters. The van der Waals surface area contributed by atoms with Crippen LogP contribution in [0.5, 0.6) is 0 Å². The third-order valence-corrected chi connectivity index (χ3v) is 2.98. The fraction of sp³-hybridized carbons (Fsp3) is 0.154. The van der Waals surface area contributed by atoms with Crippen molar-refractivity contribution in [2.45, 2.75) is 13.5 Å². The molecule has 0 bridgehead atoms. The van der Waals surface area contributed by atoms with Crippen molar-refractivity contribution in [3.63, 3.8) is 0 Å². The summed E-state index contributed by atoms with van der Waals surface area (Å²) in [7, 11) is 0. The highest BCUT2D eigenvalue weighted by Gasteiger charge is 2.21. The van der Waals surface area contributed by atoms with Gasteiger partial charge in [0.25, 0.3) is 5.91 Å². The minimum absolute atomic E-state index is 0.127. The van der Waals surface area contributed by atoms with Gasteiger partial charge in [-0.25, -0.2) is 4.68 Å². The number of fused-ring (bicyclic) bond motifs is 1. The van der Waals surface area contributed by atoms with Gasteiger partial charge in [-0.2, -0.15) is 10.1 Å². The van der Waals surface area contributed by atoms with Crippen molar-refractivity contribution in [2.24, 2.45) is 0 Å². The monoisotopic (exact) mass is 255 g/mol. The van der Waals surface area contributed by atoms with Crippen LogP contribution >= 0.6 is 0 Å². The number of rotatable bonds is 2. The van der Waals surface area contributed by atoms with Crippen LogP contribution in [0, 0.1) is 0 Å². The van der Waals surface area contributed by atoms with E-state index in [9.17, 15) is 4.79 Å². The summed E-state index contributed by atoms with van der Waals surface area (Å²) in [5, 5.41) is 9.99. The summed E-state index contributed by atoms with van der Waals surface area (Å²) in [5.74, 6) is 0.533. The molecule has 1 aromatic carbocycles. The molecule has 2 aromatic rings. The number of hydrogen-bond acceptors (Lipinski definition) is 4. The zero-order chi connectivity index (χ0) is 13.2. The van der Waals surface area contributed by atoms with Gasteiger partial charge >= 0.3 is 0 Å². The molecule has 1 aromatic heterocycles. The molecule has 0 radical (unpaired) electrons. The molecule has 2 N–H and O–H groups in total. The van der Waals surface area contributed by atoms with Crippen molar-refractivity contribution >= 4 is 17.5 Å². The van der Waals surface area contributed by atoms with Crippen LogP contribution in [0.4, 0.5) is 11.6 Å². The predicted molar refractivity (Wildman–Crippen MR) is 71.4 cm³/mol. The standard InChI is InChI=1S/C13H13N5O/c1-9-11(7-18-13(16-9)14-8-15-18)12(19)17-10-5-3-2-4-6-10/h2-6,8H,7H2,1H3,(H,17,19)(H,14,15,16). The Labute approximate surface area is 110 Å². The first-order valence-corrected chi connectivity index (χ1v) is 5.95. The maximum Gasteiger partial charge on any atom is 0.255 e. The van der Waals surface area contributed by atoms with E-state index in [1.165, 1.54) is 6.33 Å². The van der Waals surface area contributed by atoms with E-state index < -0.39 is 0 Å². The van der Waals surface area contributed by atoms with Crippen LogP contribution in [-0.2, 0) is 11.3 Å². The van der Waals surface area contributed by atoms with Crippen LogP contribution in [0.3, 0.4) is 0 Å². The molecule has 0 spiro atoms. The lowest BCUT2D eigenvalue weighted by atomic mass is 10.1. The molecule has 0 saturated heterocycles. The zero-order valence-electron chi connectivity index (χ0n) is 10.4. The minimum Gasteiger partial charge on any atom is -0.328 e. The molecule has 19 heavy (non-hydrogen) atoms. The number of carbonyl (C=O) groups is 1. The molecule has 2 heterocycles. The second-order valence-corrected chi connectivity index (χ2v) is 4.29. The number of hydrogen-bond donors (Lipinski definition) is 2. The van der Waals surface area contributed by atoms with Gasteiger partial charge in [0, 0.05) is 11.4 Å². The van der Waals surface area contributed by atoms with Crippen molar-refractivity contribution in [3.05, 3.63) is 47.9 Å². The third-order valence-electron chi connectivity index (χ3n) is 2.98. The normalized spacial score (nSPS) is 13.7. The topological polar surface area (TPSA) is 71.8 Å². The largest absolute Gasteiger partial charge is 0.328 e. The first-order valence-electron chi connectivity index (χ1n) is 5.95. The number of carbonyl (C=O) groups excluding carboxylic acids is 1.